The zero-order valence-electron chi connectivity index (χ0n) is 13.6. The summed E-state index contributed by atoms with van der Waals surface area (Å²) in [6.45, 7) is 0.171. The maximum absolute atomic E-state index is 11.8. The number of hydrogen-bond acceptors (Lipinski definition) is 6. The molecule has 0 aliphatic carbocycles. The van der Waals surface area contributed by atoms with Crippen molar-refractivity contribution in [1.29, 1.82) is 5.26 Å². The highest BCUT2D eigenvalue weighted by Crippen LogP contribution is 2.31. The number of nitrogens with zero attached hydrogens (tertiary/aromatic N) is 2. The lowest BCUT2D eigenvalue weighted by atomic mass is 10.1. The van der Waals surface area contributed by atoms with Crippen LogP contribution in [0.1, 0.15) is 11.1 Å². The largest absolute Gasteiger partial charge is 0.454 e. The van der Waals surface area contributed by atoms with E-state index in [-0.39, 0.29) is 13.2 Å². The lowest BCUT2D eigenvalue weighted by Gasteiger charge is -2.04. The summed E-state index contributed by atoms with van der Waals surface area (Å²) in [5, 5.41) is 14.8. The van der Waals surface area contributed by atoms with E-state index in [0.717, 1.165) is 5.56 Å². The first kappa shape index (κ1) is 17.0. The molecule has 0 atom stereocenters. The fourth-order valence-corrected chi connectivity index (χ4v) is 2.19. The van der Waals surface area contributed by atoms with Gasteiger partial charge in [-0.2, -0.15) is 10.4 Å². The number of amides is 2. The number of rotatable bonds is 4. The number of anilines is 1. The van der Waals surface area contributed by atoms with E-state index in [2.05, 4.69) is 15.8 Å². The van der Waals surface area contributed by atoms with Crippen LogP contribution in [0.2, 0.25) is 0 Å². The van der Waals surface area contributed by atoms with Crippen molar-refractivity contribution in [1.82, 2.24) is 5.43 Å². The van der Waals surface area contributed by atoms with Crippen LogP contribution in [0.25, 0.3) is 0 Å². The highest BCUT2D eigenvalue weighted by molar-refractivity contribution is 6.39. The summed E-state index contributed by atoms with van der Waals surface area (Å²) < 4.78 is 10.4. The Kier molecular flexibility index (Phi) is 5.10. The van der Waals surface area contributed by atoms with E-state index < -0.39 is 11.8 Å². The van der Waals surface area contributed by atoms with Gasteiger partial charge in [-0.25, -0.2) is 5.43 Å². The molecule has 26 heavy (non-hydrogen) atoms. The van der Waals surface area contributed by atoms with E-state index >= 15 is 0 Å². The zero-order chi connectivity index (χ0) is 18.4. The predicted molar refractivity (Wildman–Crippen MR) is 92.7 cm³/mol. The van der Waals surface area contributed by atoms with Gasteiger partial charge in [0.2, 0.25) is 6.79 Å². The number of hydrogen-bond donors (Lipinski definition) is 2. The molecule has 0 bridgehead atoms. The van der Waals surface area contributed by atoms with Gasteiger partial charge in [0.15, 0.2) is 11.5 Å². The van der Waals surface area contributed by atoms with Gasteiger partial charge in [-0.3, -0.25) is 9.59 Å². The highest BCUT2D eigenvalue weighted by Gasteiger charge is 2.14. The molecule has 1 aliphatic rings. The third kappa shape index (κ3) is 4.15. The Hall–Kier alpha value is -3.86. The van der Waals surface area contributed by atoms with Crippen LogP contribution in [-0.4, -0.2) is 24.8 Å². The van der Waals surface area contributed by atoms with Gasteiger partial charge in [0.1, 0.15) is 0 Å². The Morgan fingerprint density at radius 3 is 2.65 bits per heavy atom. The second-order valence-corrected chi connectivity index (χ2v) is 5.30. The molecular formula is C18H14N4O4. The summed E-state index contributed by atoms with van der Waals surface area (Å²) in [6.07, 6.45) is 1.67. The first-order valence-electron chi connectivity index (χ1n) is 7.65. The van der Waals surface area contributed by atoms with Crippen molar-refractivity contribution in [2.24, 2.45) is 5.10 Å². The highest BCUT2D eigenvalue weighted by atomic mass is 16.7. The molecule has 8 nitrogen and oxygen atoms in total. The van der Waals surface area contributed by atoms with Crippen molar-refractivity contribution in [2.75, 3.05) is 12.1 Å². The van der Waals surface area contributed by atoms with Gasteiger partial charge in [0.25, 0.3) is 0 Å². The smallest absolute Gasteiger partial charge is 0.329 e. The Balaban J connectivity index is 1.52. The molecule has 1 heterocycles. The van der Waals surface area contributed by atoms with Crippen LogP contribution >= 0.6 is 0 Å². The van der Waals surface area contributed by atoms with E-state index in [4.69, 9.17) is 14.7 Å². The molecule has 0 radical (unpaired) electrons. The van der Waals surface area contributed by atoms with Crippen LogP contribution in [0.4, 0.5) is 5.69 Å². The number of nitrogens with one attached hydrogen (secondary N) is 2. The van der Waals surface area contributed by atoms with Crippen LogP contribution in [0.15, 0.2) is 47.6 Å². The van der Waals surface area contributed by atoms with Crippen molar-refractivity contribution in [3.05, 3.63) is 53.6 Å². The summed E-state index contributed by atoms with van der Waals surface area (Å²) in [5.74, 6) is -0.506. The summed E-state index contributed by atoms with van der Waals surface area (Å²) in [5.41, 5.74) is 4.11. The Morgan fingerprint density at radius 1 is 1.12 bits per heavy atom. The van der Waals surface area contributed by atoms with Gasteiger partial charge in [-0.15, -0.1) is 0 Å². The average Bonchev–Trinajstić information content (AvgIpc) is 3.11. The normalized spacial score (nSPS) is 11.8. The number of ether oxygens (including phenoxy) is 2. The summed E-state index contributed by atoms with van der Waals surface area (Å²) in [6, 6.07) is 13.9. The molecule has 1 aliphatic heterocycles. The number of hydrazone groups is 1. The molecule has 0 aromatic heterocycles. The molecule has 0 saturated heterocycles. The molecule has 2 aromatic rings. The number of benzene rings is 2. The van der Waals surface area contributed by atoms with Gasteiger partial charge in [0, 0.05) is 5.69 Å². The third-order valence-electron chi connectivity index (χ3n) is 3.48. The van der Waals surface area contributed by atoms with Crippen molar-refractivity contribution < 1.29 is 19.1 Å². The molecule has 3 rings (SSSR count). The maximum atomic E-state index is 11.8. The van der Waals surface area contributed by atoms with Gasteiger partial charge < -0.3 is 14.8 Å². The monoisotopic (exact) mass is 350 g/mol. The summed E-state index contributed by atoms with van der Waals surface area (Å²) in [4.78, 5) is 23.6. The van der Waals surface area contributed by atoms with Crippen molar-refractivity contribution in [3.63, 3.8) is 0 Å². The Labute approximate surface area is 149 Å². The van der Waals surface area contributed by atoms with E-state index in [1.165, 1.54) is 6.21 Å². The molecule has 0 saturated carbocycles. The minimum Gasteiger partial charge on any atom is -0.454 e. The fraction of sp³-hybridized carbons (Fsp3) is 0.111. The van der Waals surface area contributed by atoms with Crippen LogP contribution in [-0.2, 0) is 16.0 Å². The number of carbonyl (C=O) groups excluding carboxylic acids is 2. The standard InChI is InChI=1S/C18H14N4O4/c19-8-7-12-1-4-14(5-2-12)21-17(23)18(24)22-20-10-13-3-6-15-16(9-13)26-11-25-15/h1-6,9-10H,7,11H2,(H,21,23)(H,22,24)/b20-10+. The van der Waals surface area contributed by atoms with Gasteiger partial charge >= 0.3 is 11.8 Å². The van der Waals surface area contributed by atoms with Crippen molar-refractivity contribution >= 4 is 23.7 Å². The minimum absolute atomic E-state index is 0.171. The summed E-state index contributed by atoms with van der Waals surface area (Å²) >= 11 is 0. The topological polar surface area (TPSA) is 113 Å². The molecule has 2 aromatic carbocycles. The second kappa shape index (κ2) is 7.81. The minimum atomic E-state index is -0.900. The van der Waals surface area contributed by atoms with Crippen LogP contribution in [0, 0.1) is 11.3 Å². The maximum Gasteiger partial charge on any atom is 0.329 e. The predicted octanol–water partition coefficient (Wildman–Crippen LogP) is 1.57. The first-order valence-corrected chi connectivity index (χ1v) is 7.65. The van der Waals surface area contributed by atoms with Gasteiger partial charge in [-0.05, 0) is 41.5 Å². The lowest BCUT2D eigenvalue weighted by molar-refractivity contribution is -0.136. The van der Waals surface area contributed by atoms with E-state index in [1.54, 1.807) is 42.5 Å². The zero-order valence-corrected chi connectivity index (χ0v) is 13.6. The third-order valence-corrected chi connectivity index (χ3v) is 3.48. The molecule has 0 spiro atoms. The van der Waals surface area contributed by atoms with E-state index in [9.17, 15) is 9.59 Å². The number of nitriles is 1. The lowest BCUT2D eigenvalue weighted by Crippen LogP contribution is -2.32. The molecule has 2 N–H and O–H groups in total. The molecule has 130 valence electrons. The molecule has 2 amide bonds. The van der Waals surface area contributed by atoms with Gasteiger partial charge in [0.05, 0.1) is 18.7 Å². The number of fused-ring (bicyclic) bond motifs is 1. The van der Waals surface area contributed by atoms with Crippen molar-refractivity contribution in [3.8, 4) is 17.6 Å². The number of carbonyl (C=O) groups is 2. The van der Waals surface area contributed by atoms with E-state index in [0.29, 0.717) is 22.7 Å². The SMILES string of the molecule is N#CCc1ccc(NC(=O)C(=O)N/N=C/c2ccc3c(c2)OCO3)cc1. The Morgan fingerprint density at radius 2 is 1.88 bits per heavy atom. The van der Waals surface area contributed by atoms with Crippen LogP contribution in [0.5, 0.6) is 11.5 Å². The molecular weight excluding hydrogens is 336 g/mol. The second-order valence-electron chi connectivity index (χ2n) is 5.30. The average molecular weight is 350 g/mol. The molecule has 0 fully saturated rings. The van der Waals surface area contributed by atoms with Crippen LogP contribution < -0.4 is 20.2 Å². The van der Waals surface area contributed by atoms with Gasteiger partial charge in [-0.1, -0.05) is 12.1 Å². The van der Waals surface area contributed by atoms with Crippen LogP contribution in [0.3, 0.4) is 0 Å². The fourth-order valence-electron chi connectivity index (χ4n) is 2.19. The molecule has 0 unspecified atom stereocenters. The first-order chi connectivity index (χ1) is 12.7. The van der Waals surface area contributed by atoms with E-state index in [1.807, 2.05) is 6.07 Å². The Bertz CT molecular complexity index is 900. The molecule has 8 heteroatoms. The van der Waals surface area contributed by atoms with Crippen molar-refractivity contribution in [2.45, 2.75) is 6.42 Å². The summed E-state index contributed by atoms with van der Waals surface area (Å²) in [7, 11) is 0. The quantitative estimate of drug-likeness (QED) is 0.494.